The van der Waals surface area contributed by atoms with Crippen molar-refractivity contribution >= 4 is 38.4 Å². The summed E-state index contributed by atoms with van der Waals surface area (Å²) in [5.74, 6) is 1.16. The van der Waals surface area contributed by atoms with E-state index in [4.69, 9.17) is 21.1 Å². The number of fused-ring (bicyclic) bond motifs is 2. The Morgan fingerprint density at radius 3 is 2.92 bits per heavy atom. The van der Waals surface area contributed by atoms with E-state index < -0.39 is 0 Å². The van der Waals surface area contributed by atoms with E-state index in [0.29, 0.717) is 47.2 Å². The first kappa shape index (κ1) is 15.5. The summed E-state index contributed by atoms with van der Waals surface area (Å²) < 4.78 is 13.5. The molecule has 122 valence electrons. The number of nitrogens with zero attached hydrogens (tertiary/aromatic N) is 2. The van der Waals surface area contributed by atoms with Crippen LogP contribution in [0.3, 0.4) is 0 Å². The number of halogens is 2. The third-order valence-corrected chi connectivity index (χ3v) is 4.57. The maximum absolute atomic E-state index is 12.7. The van der Waals surface area contributed by atoms with Gasteiger partial charge in [-0.15, -0.1) is 0 Å². The van der Waals surface area contributed by atoms with Crippen LogP contribution in [-0.2, 0) is 6.54 Å². The lowest BCUT2D eigenvalue weighted by atomic mass is 10.2. The molecule has 0 aliphatic carbocycles. The largest absolute Gasteiger partial charge is 0.486 e. The maximum atomic E-state index is 12.7. The van der Waals surface area contributed by atoms with Crippen LogP contribution in [0.5, 0.6) is 11.5 Å². The predicted octanol–water partition coefficient (Wildman–Crippen LogP) is 3.63. The van der Waals surface area contributed by atoms with E-state index in [9.17, 15) is 4.79 Å². The summed E-state index contributed by atoms with van der Waals surface area (Å²) in [6.07, 6.45) is 1.54. The molecule has 1 aromatic heterocycles. The fourth-order valence-corrected chi connectivity index (χ4v) is 3.34. The van der Waals surface area contributed by atoms with Crippen molar-refractivity contribution in [1.29, 1.82) is 0 Å². The first-order valence-electron chi connectivity index (χ1n) is 7.34. The summed E-state index contributed by atoms with van der Waals surface area (Å²) in [4.78, 5) is 17.0. The standard InChI is InChI=1S/C17H12BrClN2O3/c18-11-1-2-14-12(7-11)17(22)21(9-20-14)8-10-5-13(19)16-15(6-10)23-3-4-24-16/h1-2,5-7,9H,3-4,8H2. The molecule has 1 aliphatic heterocycles. The lowest BCUT2D eigenvalue weighted by Gasteiger charge is -2.20. The van der Waals surface area contributed by atoms with Gasteiger partial charge in [-0.25, -0.2) is 4.98 Å². The van der Waals surface area contributed by atoms with Gasteiger partial charge in [-0.3, -0.25) is 9.36 Å². The van der Waals surface area contributed by atoms with Gasteiger partial charge in [0, 0.05) is 4.47 Å². The quantitative estimate of drug-likeness (QED) is 0.651. The fraction of sp³-hybridized carbons (Fsp3) is 0.176. The van der Waals surface area contributed by atoms with Gasteiger partial charge in [0.05, 0.1) is 28.8 Å². The molecule has 1 aliphatic rings. The van der Waals surface area contributed by atoms with Gasteiger partial charge >= 0.3 is 0 Å². The van der Waals surface area contributed by atoms with Crippen LogP contribution < -0.4 is 15.0 Å². The maximum Gasteiger partial charge on any atom is 0.261 e. The van der Waals surface area contributed by atoms with Crippen LogP contribution in [0, 0.1) is 0 Å². The van der Waals surface area contributed by atoms with E-state index in [2.05, 4.69) is 20.9 Å². The fourth-order valence-electron chi connectivity index (χ4n) is 2.70. The van der Waals surface area contributed by atoms with Gasteiger partial charge in [-0.05, 0) is 35.9 Å². The number of hydrogen-bond donors (Lipinski definition) is 0. The normalized spacial score (nSPS) is 13.2. The SMILES string of the molecule is O=c1c2cc(Br)ccc2ncn1Cc1cc(Cl)c2c(c1)OCCO2. The number of benzene rings is 2. The smallest absolute Gasteiger partial charge is 0.261 e. The van der Waals surface area contributed by atoms with E-state index in [-0.39, 0.29) is 5.56 Å². The number of aromatic nitrogens is 2. The van der Waals surface area contributed by atoms with Gasteiger partial charge < -0.3 is 9.47 Å². The van der Waals surface area contributed by atoms with Gasteiger partial charge in [0.15, 0.2) is 11.5 Å². The van der Waals surface area contributed by atoms with Crippen molar-refractivity contribution in [1.82, 2.24) is 9.55 Å². The highest BCUT2D eigenvalue weighted by Gasteiger charge is 2.17. The summed E-state index contributed by atoms with van der Waals surface area (Å²) in [6.45, 7) is 1.32. The average molecular weight is 408 g/mol. The van der Waals surface area contributed by atoms with Crippen LogP contribution >= 0.6 is 27.5 Å². The molecule has 0 atom stereocenters. The Labute approximate surface area is 150 Å². The van der Waals surface area contributed by atoms with Gasteiger partial charge in [0.2, 0.25) is 0 Å². The molecule has 5 nitrogen and oxygen atoms in total. The molecular weight excluding hydrogens is 396 g/mol. The second-order valence-electron chi connectivity index (χ2n) is 5.44. The summed E-state index contributed by atoms with van der Waals surface area (Å²) in [6, 6.07) is 9.08. The van der Waals surface area contributed by atoms with E-state index in [1.54, 1.807) is 23.0 Å². The van der Waals surface area contributed by atoms with Crippen LogP contribution in [0.15, 0.2) is 45.9 Å². The zero-order valence-electron chi connectivity index (χ0n) is 12.5. The van der Waals surface area contributed by atoms with E-state index in [1.807, 2.05) is 18.2 Å². The van der Waals surface area contributed by atoms with Gasteiger partial charge in [0.25, 0.3) is 5.56 Å². The van der Waals surface area contributed by atoms with E-state index in [1.165, 1.54) is 0 Å². The first-order chi connectivity index (χ1) is 11.6. The second kappa shape index (κ2) is 6.11. The Morgan fingerprint density at radius 2 is 2.04 bits per heavy atom. The Bertz CT molecular complexity index is 1000. The molecule has 2 aromatic carbocycles. The van der Waals surface area contributed by atoms with Crippen molar-refractivity contribution < 1.29 is 9.47 Å². The minimum Gasteiger partial charge on any atom is -0.486 e. The molecule has 7 heteroatoms. The molecule has 0 saturated carbocycles. The Kier molecular flexibility index (Phi) is 3.94. The average Bonchev–Trinajstić information content (AvgIpc) is 2.58. The summed E-state index contributed by atoms with van der Waals surface area (Å²) >= 11 is 9.64. The van der Waals surface area contributed by atoms with Crippen LogP contribution in [0.4, 0.5) is 0 Å². The Morgan fingerprint density at radius 1 is 1.21 bits per heavy atom. The summed E-state index contributed by atoms with van der Waals surface area (Å²) in [5.41, 5.74) is 1.41. The van der Waals surface area contributed by atoms with Crippen LogP contribution in [-0.4, -0.2) is 22.8 Å². The second-order valence-corrected chi connectivity index (χ2v) is 6.76. The highest BCUT2D eigenvalue weighted by atomic mass is 79.9. The highest BCUT2D eigenvalue weighted by Crippen LogP contribution is 2.38. The van der Waals surface area contributed by atoms with E-state index in [0.717, 1.165) is 10.0 Å². The first-order valence-corrected chi connectivity index (χ1v) is 8.51. The number of hydrogen-bond acceptors (Lipinski definition) is 4. The molecular formula is C17H12BrClN2O3. The van der Waals surface area contributed by atoms with Crippen molar-refractivity contribution in [2.75, 3.05) is 13.2 Å². The van der Waals surface area contributed by atoms with Crippen LogP contribution in [0.1, 0.15) is 5.56 Å². The molecule has 0 amide bonds. The molecule has 0 fully saturated rings. The molecule has 0 saturated heterocycles. The van der Waals surface area contributed by atoms with Crippen molar-refractivity contribution in [3.63, 3.8) is 0 Å². The van der Waals surface area contributed by atoms with Crippen LogP contribution in [0.2, 0.25) is 5.02 Å². The molecule has 0 unspecified atom stereocenters. The minimum absolute atomic E-state index is 0.104. The highest BCUT2D eigenvalue weighted by molar-refractivity contribution is 9.10. The van der Waals surface area contributed by atoms with E-state index >= 15 is 0 Å². The molecule has 0 N–H and O–H groups in total. The molecule has 3 aromatic rings. The minimum atomic E-state index is -0.104. The van der Waals surface area contributed by atoms with Gasteiger partial charge in [-0.1, -0.05) is 27.5 Å². The third-order valence-electron chi connectivity index (χ3n) is 3.80. The van der Waals surface area contributed by atoms with Crippen LogP contribution in [0.25, 0.3) is 10.9 Å². The predicted molar refractivity (Wildman–Crippen MR) is 95.2 cm³/mol. The molecule has 24 heavy (non-hydrogen) atoms. The summed E-state index contributed by atoms with van der Waals surface area (Å²) in [7, 11) is 0. The number of rotatable bonds is 2. The molecule has 0 radical (unpaired) electrons. The molecule has 4 rings (SSSR count). The lowest BCUT2D eigenvalue weighted by Crippen LogP contribution is -2.21. The monoisotopic (exact) mass is 406 g/mol. The molecule has 2 heterocycles. The zero-order valence-corrected chi connectivity index (χ0v) is 14.8. The van der Waals surface area contributed by atoms with Gasteiger partial charge in [0.1, 0.15) is 13.2 Å². The Hall–Kier alpha value is -2.05. The van der Waals surface area contributed by atoms with Gasteiger partial charge in [-0.2, -0.15) is 0 Å². The lowest BCUT2D eigenvalue weighted by molar-refractivity contribution is 0.171. The molecule has 0 bridgehead atoms. The van der Waals surface area contributed by atoms with Crippen molar-refractivity contribution in [2.24, 2.45) is 0 Å². The molecule has 0 spiro atoms. The van der Waals surface area contributed by atoms with Crippen molar-refractivity contribution in [2.45, 2.75) is 6.54 Å². The third kappa shape index (κ3) is 2.76. The van der Waals surface area contributed by atoms with Crippen molar-refractivity contribution in [3.8, 4) is 11.5 Å². The summed E-state index contributed by atoms with van der Waals surface area (Å²) in [5, 5.41) is 1.04. The van der Waals surface area contributed by atoms with Crippen molar-refractivity contribution in [3.05, 3.63) is 62.1 Å². The number of ether oxygens (including phenoxy) is 2. The Balaban J connectivity index is 1.76. The topological polar surface area (TPSA) is 53.4 Å². The zero-order chi connectivity index (χ0) is 16.7.